The number of fused-ring (bicyclic) bond motifs is 4. The lowest BCUT2D eigenvalue weighted by molar-refractivity contribution is -0.212. The van der Waals surface area contributed by atoms with Crippen molar-refractivity contribution in [1.82, 2.24) is 5.01 Å². The van der Waals surface area contributed by atoms with Gasteiger partial charge in [-0.15, -0.1) is 11.3 Å². The number of hydrogen-bond donors (Lipinski definition) is 0. The maximum atomic E-state index is 6.65. The van der Waals surface area contributed by atoms with E-state index in [0.717, 1.165) is 35.2 Å². The third kappa shape index (κ3) is 2.62. The lowest BCUT2D eigenvalue weighted by Gasteiger charge is -2.52. The van der Waals surface area contributed by atoms with Crippen LogP contribution in [0.2, 0.25) is 0 Å². The molecule has 1 aromatic carbocycles. The SMILES string of the molecule is CC1(C)C[C@]2(CCO1)Oc1ccc(Br)cc1[C@@H]1CC(c3cccs3)=NN12. The molecule has 136 valence electrons. The molecule has 2 atom stereocenters. The van der Waals surface area contributed by atoms with E-state index < -0.39 is 5.72 Å². The lowest BCUT2D eigenvalue weighted by Crippen LogP contribution is -2.60. The van der Waals surface area contributed by atoms with Gasteiger partial charge in [0.15, 0.2) is 0 Å². The Morgan fingerprint density at radius 1 is 1.31 bits per heavy atom. The number of benzene rings is 1. The average Bonchev–Trinajstić information content (AvgIpc) is 3.24. The summed E-state index contributed by atoms with van der Waals surface area (Å²) in [5, 5.41) is 9.44. The van der Waals surface area contributed by atoms with Gasteiger partial charge < -0.3 is 9.47 Å². The summed E-state index contributed by atoms with van der Waals surface area (Å²) in [4.78, 5) is 1.25. The average molecular weight is 433 g/mol. The Hall–Kier alpha value is -1.37. The van der Waals surface area contributed by atoms with Gasteiger partial charge in [-0.05, 0) is 43.5 Å². The minimum atomic E-state index is -0.438. The minimum Gasteiger partial charge on any atom is -0.466 e. The minimum absolute atomic E-state index is 0.210. The molecule has 4 heterocycles. The second-order valence-corrected chi connectivity index (χ2v) is 9.72. The normalized spacial score (nSPS) is 29.1. The quantitative estimate of drug-likeness (QED) is 0.609. The van der Waals surface area contributed by atoms with Crippen molar-refractivity contribution in [3.05, 3.63) is 50.6 Å². The van der Waals surface area contributed by atoms with Gasteiger partial charge in [-0.1, -0.05) is 22.0 Å². The summed E-state index contributed by atoms with van der Waals surface area (Å²) in [7, 11) is 0. The Balaban J connectivity index is 1.63. The second kappa shape index (κ2) is 5.81. The van der Waals surface area contributed by atoms with E-state index in [1.54, 1.807) is 11.3 Å². The molecule has 1 fully saturated rings. The van der Waals surface area contributed by atoms with Gasteiger partial charge in [-0.25, -0.2) is 5.01 Å². The van der Waals surface area contributed by atoms with Crippen LogP contribution in [0.15, 0.2) is 45.3 Å². The standard InChI is InChI=1S/C20H21BrN2O2S/c1-19(2)12-20(7-8-24-19)23-16(11-15(22-23)18-4-3-9-26-18)14-10-13(21)5-6-17(14)25-20/h3-6,9-10,16H,7-8,11-12H2,1-2H3/t16-,20-/m0/s1. The van der Waals surface area contributed by atoms with Crippen LogP contribution in [0, 0.1) is 0 Å². The first-order chi connectivity index (χ1) is 12.5. The van der Waals surface area contributed by atoms with Crippen molar-refractivity contribution in [1.29, 1.82) is 0 Å². The second-order valence-electron chi connectivity index (χ2n) is 7.85. The number of halogens is 1. The Kier molecular flexibility index (Phi) is 3.75. The molecule has 0 saturated carbocycles. The molecule has 1 aromatic heterocycles. The molecule has 2 aromatic rings. The molecule has 0 aliphatic carbocycles. The number of hydrazone groups is 1. The molecule has 6 heteroatoms. The van der Waals surface area contributed by atoms with Crippen molar-refractivity contribution in [3.8, 4) is 5.75 Å². The van der Waals surface area contributed by atoms with Crippen LogP contribution in [0.5, 0.6) is 5.75 Å². The monoisotopic (exact) mass is 432 g/mol. The van der Waals surface area contributed by atoms with Crippen LogP contribution in [0.4, 0.5) is 0 Å². The van der Waals surface area contributed by atoms with Crippen LogP contribution in [-0.4, -0.2) is 28.7 Å². The predicted octanol–water partition coefficient (Wildman–Crippen LogP) is 5.34. The molecule has 0 radical (unpaired) electrons. The smallest absolute Gasteiger partial charge is 0.203 e. The number of thiophene rings is 1. The summed E-state index contributed by atoms with van der Waals surface area (Å²) in [6.45, 7) is 4.97. The number of hydrogen-bond acceptors (Lipinski definition) is 5. The Morgan fingerprint density at radius 3 is 2.96 bits per heavy atom. The zero-order valence-corrected chi connectivity index (χ0v) is 17.3. The van der Waals surface area contributed by atoms with Gasteiger partial charge in [-0.3, -0.25) is 0 Å². The van der Waals surface area contributed by atoms with Crippen LogP contribution >= 0.6 is 27.3 Å². The van der Waals surface area contributed by atoms with E-state index in [1.807, 2.05) is 0 Å². The largest absolute Gasteiger partial charge is 0.466 e. The van der Waals surface area contributed by atoms with Crippen LogP contribution in [-0.2, 0) is 4.74 Å². The molecule has 1 saturated heterocycles. The van der Waals surface area contributed by atoms with Crippen LogP contribution in [0.25, 0.3) is 0 Å². The van der Waals surface area contributed by atoms with Gasteiger partial charge >= 0.3 is 0 Å². The fraction of sp³-hybridized carbons (Fsp3) is 0.450. The van der Waals surface area contributed by atoms with Crippen molar-refractivity contribution in [2.45, 2.75) is 50.5 Å². The first-order valence-electron chi connectivity index (χ1n) is 8.99. The molecule has 3 aliphatic rings. The summed E-state index contributed by atoms with van der Waals surface area (Å²) in [5.74, 6) is 0.981. The molecule has 5 rings (SSSR count). The van der Waals surface area contributed by atoms with Crippen LogP contribution in [0.1, 0.15) is 49.6 Å². The van der Waals surface area contributed by atoms with Crippen LogP contribution in [0.3, 0.4) is 0 Å². The van der Waals surface area contributed by atoms with Crippen LogP contribution < -0.4 is 4.74 Å². The van der Waals surface area contributed by atoms with Gasteiger partial charge in [0, 0.05) is 29.3 Å². The Bertz CT molecular complexity index is 880. The van der Waals surface area contributed by atoms with Gasteiger partial charge in [0.2, 0.25) is 5.72 Å². The third-order valence-corrected chi connectivity index (χ3v) is 6.86. The fourth-order valence-corrected chi connectivity index (χ4v) is 5.52. The molecular weight excluding hydrogens is 412 g/mol. The van der Waals surface area contributed by atoms with E-state index in [4.69, 9.17) is 14.6 Å². The Morgan fingerprint density at radius 2 is 2.19 bits per heavy atom. The van der Waals surface area contributed by atoms with Gasteiger partial charge in [-0.2, -0.15) is 5.10 Å². The number of nitrogens with zero attached hydrogens (tertiary/aromatic N) is 2. The highest BCUT2D eigenvalue weighted by molar-refractivity contribution is 9.10. The van der Waals surface area contributed by atoms with Gasteiger partial charge in [0.1, 0.15) is 5.75 Å². The van der Waals surface area contributed by atoms with Crippen molar-refractivity contribution in [2.24, 2.45) is 5.10 Å². The highest BCUT2D eigenvalue weighted by atomic mass is 79.9. The molecule has 1 spiro atoms. The van der Waals surface area contributed by atoms with E-state index in [9.17, 15) is 0 Å². The molecule has 0 N–H and O–H groups in total. The molecule has 4 nitrogen and oxygen atoms in total. The van der Waals surface area contributed by atoms with Gasteiger partial charge in [0.25, 0.3) is 0 Å². The predicted molar refractivity (Wildman–Crippen MR) is 107 cm³/mol. The topological polar surface area (TPSA) is 34.1 Å². The van der Waals surface area contributed by atoms with Gasteiger partial charge in [0.05, 0.1) is 28.8 Å². The third-order valence-electron chi connectivity index (χ3n) is 5.45. The first-order valence-corrected chi connectivity index (χ1v) is 10.7. The van der Waals surface area contributed by atoms with E-state index in [-0.39, 0.29) is 11.6 Å². The zero-order chi connectivity index (χ0) is 17.9. The van der Waals surface area contributed by atoms with E-state index in [1.165, 1.54) is 10.4 Å². The number of rotatable bonds is 1. The van der Waals surface area contributed by atoms with Crippen molar-refractivity contribution >= 4 is 33.0 Å². The lowest BCUT2D eigenvalue weighted by atomic mass is 9.86. The molecule has 0 bridgehead atoms. The molecule has 0 amide bonds. The number of ether oxygens (including phenoxy) is 2. The van der Waals surface area contributed by atoms with Crippen molar-refractivity contribution in [2.75, 3.05) is 6.61 Å². The van der Waals surface area contributed by atoms with E-state index in [0.29, 0.717) is 6.61 Å². The van der Waals surface area contributed by atoms with Crippen molar-refractivity contribution in [3.63, 3.8) is 0 Å². The highest BCUT2D eigenvalue weighted by Crippen LogP contribution is 2.52. The summed E-state index contributed by atoms with van der Waals surface area (Å²) < 4.78 is 13.7. The zero-order valence-electron chi connectivity index (χ0n) is 14.9. The summed E-state index contributed by atoms with van der Waals surface area (Å²) in [6.07, 6.45) is 2.53. The Labute approximate surface area is 165 Å². The van der Waals surface area contributed by atoms with E-state index in [2.05, 4.69) is 70.5 Å². The maximum absolute atomic E-state index is 6.65. The summed E-state index contributed by atoms with van der Waals surface area (Å²) in [5.41, 5.74) is 1.71. The van der Waals surface area contributed by atoms with Crippen molar-refractivity contribution < 1.29 is 9.47 Å². The maximum Gasteiger partial charge on any atom is 0.203 e. The highest BCUT2D eigenvalue weighted by Gasteiger charge is 2.54. The van der Waals surface area contributed by atoms with E-state index >= 15 is 0 Å². The summed E-state index contributed by atoms with van der Waals surface area (Å²) >= 11 is 5.37. The molecule has 3 aliphatic heterocycles. The summed E-state index contributed by atoms with van der Waals surface area (Å²) in [6, 6.07) is 10.8. The fourth-order valence-electron chi connectivity index (χ4n) is 4.42. The first kappa shape index (κ1) is 16.8. The molecule has 0 unspecified atom stereocenters. The molecule has 26 heavy (non-hydrogen) atoms. The molecular formula is C20H21BrN2O2S.